The maximum Gasteiger partial charge on any atom is 0.375 e. The lowest BCUT2D eigenvalue weighted by molar-refractivity contribution is -0.123. The number of benzene rings is 1. The minimum Gasteiger partial charge on any atom is -0.449 e. The van der Waals surface area contributed by atoms with E-state index in [1.807, 2.05) is 6.92 Å². The molecule has 3 aromatic rings. The third kappa shape index (κ3) is 3.80. The van der Waals surface area contributed by atoms with E-state index in [0.717, 1.165) is 5.69 Å². The Morgan fingerprint density at radius 3 is 2.57 bits per heavy atom. The second-order valence-corrected chi connectivity index (χ2v) is 6.35. The van der Waals surface area contributed by atoms with Crippen molar-refractivity contribution in [3.8, 4) is 11.3 Å². The van der Waals surface area contributed by atoms with Crippen molar-refractivity contribution in [1.29, 1.82) is 0 Å². The first-order valence-electron chi connectivity index (χ1n) is 8.64. The molecule has 0 saturated carbocycles. The highest BCUT2D eigenvalue weighted by Gasteiger charge is 2.23. The Bertz CT molecular complexity index is 1040. The maximum absolute atomic E-state index is 13.8. The van der Waals surface area contributed by atoms with E-state index in [0.29, 0.717) is 11.4 Å². The van der Waals surface area contributed by atoms with E-state index in [1.54, 1.807) is 30.8 Å². The lowest BCUT2D eigenvalue weighted by Gasteiger charge is -2.13. The van der Waals surface area contributed by atoms with Crippen LogP contribution in [0.1, 0.15) is 28.9 Å². The van der Waals surface area contributed by atoms with Gasteiger partial charge in [-0.25, -0.2) is 9.18 Å². The van der Waals surface area contributed by atoms with Crippen LogP contribution in [-0.4, -0.2) is 27.8 Å². The number of ether oxygens (including phenoxy) is 1. The molecule has 1 N–H and O–H groups in total. The van der Waals surface area contributed by atoms with Gasteiger partial charge in [0.1, 0.15) is 11.6 Å². The van der Waals surface area contributed by atoms with Crippen LogP contribution in [0.2, 0.25) is 0 Å². The number of anilines is 1. The number of aromatic nitrogens is 2. The number of aryl methyl sites for hydroxylation is 2. The lowest BCUT2D eigenvalue weighted by Crippen LogP contribution is -2.30. The van der Waals surface area contributed by atoms with Crippen molar-refractivity contribution in [2.75, 3.05) is 5.32 Å². The second kappa shape index (κ2) is 7.67. The molecular weight excluding hydrogens is 365 g/mol. The van der Waals surface area contributed by atoms with Gasteiger partial charge in [-0.3, -0.25) is 9.48 Å². The maximum atomic E-state index is 13.8. The Hall–Kier alpha value is -3.42. The molecule has 0 saturated heterocycles. The van der Waals surface area contributed by atoms with Crippen molar-refractivity contribution >= 4 is 17.6 Å². The highest BCUT2D eigenvalue weighted by Crippen LogP contribution is 2.25. The number of hydrogen-bond donors (Lipinski definition) is 1. The summed E-state index contributed by atoms with van der Waals surface area (Å²) in [5.74, 6) is -1.69. The Labute approximate surface area is 161 Å². The van der Waals surface area contributed by atoms with E-state index in [-0.39, 0.29) is 17.1 Å². The molecule has 146 valence electrons. The van der Waals surface area contributed by atoms with Gasteiger partial charge in [-0.15, -0.1) is 0 Å². The molecule has 1 amide bonds. The molecule has 3 rings (SSSR count). The van der Waals surface area contributed by atoms with Gasteiger partial charge in [-0.1, -0.05) is 12.1 Å². The fourth-order valence-electron chi connectivity index (χ4n) is 2.70. The Kier molecular flexibility index (Phi) is 5.30. The number of hydrogen-bond acceptors (Lipinski definition) is 5. The van der Waals surface area contributed by atoms with Crippen LogP contribution in [-0.2, 0) is 16.6 Å². The smallest absolute Gasteiger partial charge is 0.375 e. The second-order valence-electron chi connectivity index (χ2n) is 6.35. The molecule has 1 atom stereocenters. The largest absolute Gasteiger partial charge is 0.449 e. The number of furan rings is 1. The summed E-state index contributed by atoms with van der Waals surface area (Å²) in [5.41, 5.74) is 2.25. The van der Waals surface area contributed by atoms with Gasteiger partial charge in [-0.2, -0.15) is 5.10 Å². The molecular formula is C20H20FN3O4. The fraction of sp³-hybridized carbons (Fsp3) is 0.250. The van der Waals surface area contributed by atoms with Crippen LogP contribution in [0.15, 0.2) is 40.8 Å². The van der Waals surface area contributed by atoms with Crippen LogP contribution < -0.4 is 5.32 Å². The summed E-state index contributed by atoms with van der Waals surface area (Å²) in [6, 6.07) is 8.91. The molecule has 1 aromatic carbocycles. The third-order valence-corrected chi connectivity index (χ3v) is 4.36. The minimum absolute atomic E-state index is 0.119. The molecule has 0 aliphatic carbocycles. The van der Waals surface area contributed by atoms with Crippen molar-refractivity contribution in [2.24, 2.45) is 7.05 Å². The van der Waals surface area contributed by atoms with Gasteiger partial charge in [0.05, 0.1) is 22.6 Å². The molecule has 2 heterocycles. The number of nitrogens with zero attached hydrogens (tertiary/aromatic N) is 2. The quantitative estimate of drug-likeness (QED) is 0.678. The molecule has 0 unspecified atom stereocenters. The van der Waals surface area contributed by atoms with E-state index in [2.05, 4.69) is 10.4 Å². The van der Waals surface area contributed by atoms with Gasteiger partial charge in [0.15, 0.2) is 6.10 Å². The van der Waals surface area contributed by atoms with Crippen LogP contribution in [0.4, 0.5) is 10.1 Å². The number of amides is 1. The predicted octanol–water partition coefficient (Wildman–Crippen LogP) is 3.62. The Balaban J connectivity index is 1.67. The van der Waals surface area contributed by atoms with E-state index >= 15 is 0 Å². The van der Waals surface area contributed by atoms with E-state index in [4.69, 9.17) is 9.15 Å². The van der Waals surface area contributed by atoms with Gasteiger partial charge in [-0.05, 0) is 45.0 Å². The van der Waals surface area contributed by atoms with Crippen molar-refractivity contribution in [3.05, 3.63) is 59.4 Å². The molecule has 0 aliphatic rings. The summed E-state index contributed by atoms with van der Waals surface area (Å²) < 4.78 is 26.1. The topological polar surface area (TPSA) is 86.4 Å². The first-order valence-corrected chi connectivity index (χ1v) is 8.64. The van der Waals surface area contributed by atoms with Crippen LogP contribution in [0.5, 0.6) is 0 Å². The zero-order valence-corrected chi connectivity index (χ0v) is 15.9. The van der Waals surface area contributed by atoms with Gasteiger partial charge >= 0.3 is 5.97 Å². The summed E-state index contributed by atoms with van der Waals surface area (Å²) in [5, 5.41) is 6.93. The van der Waals surface area contributed by atoms with Crippen molar-refractivity contribution in [2.45, 2.75) is 26.9 Å². The molecule has 7 nitrogen and oxygen atoms in total. The number of carbonyl (C=O) groups excluding carboxylic acids is 2. The predicted molar refractivity (Wildman–Crippen MR) is 100 cm³/mol. The first-order chi connectivity index (χ1) is 13.3. The number of carbonyl (C=O) groups is 2. The molecule has 0 fully saturated rings. The SMILES string of the molecule is Cc1nn(C)c(C)c1NC(=O)[C@H](C)OC(=O)c1ccc(-c2ccccc2F)o1. The zero-order chi connectivity index (χ0) is 20.4. The average Bonchev–Trinajstić information content (AvgIpc) is 3.23. The Morgan fingerprint density at radius 2 is 1.93 bits per heavy atom. The fourth-order valence-corrected chi connectivity index (χ4v) is 2.70. The number of nitrogens with one attached hydrogen (secondary N) is 1. The molecule has 8 heteroatoms. The summed E-state index contributed by atoms with van der Waals surface area (Å²) in [6.45, 7) is 5.04. The summed E-state index contributed by atoms with van der Waals surface area (Å²) in [6.07, 6.45) is -1.06. The van der Waals surface area contributed by atoms with E-state index in [9.17, 15) is 14.0 Å². The summed E-state index contributed by atoms with van der Waals surface area (Å²) in [4.78, 5) is 24.6. The van der Waals surface area contributed by atoms with Crippen LogP contribution in [0.3, 0.4) is 0 Å². The molecule has 28 heavy (non-hydrogen) atoms. The van der Waals surface area contributed by atoms with Gasteiger partial charge in [0.2, 0.25) is 5.76 Å². The molecule has 0 bridgehead atoms. The number of rotatable bonds is 5. The van der Waals surface area contributed by atoms with Crippen molar-refractivity contribution in [3.63, 3.8) is 0 Å². The molecule has 0 spiro atoms. The lowest BCUT2D eigenvalue weighted by atomic mass is 10.1. The minimum atomic E-state index is -1.06. The molecule has 0 radical (unpaired) electrons. The third-order valence-electron chi connectivity index (χ3n) is 4.36. The number of esters is 1. The van der Waals surface area contributed by atoms with E-state index in [1.165, 1.54) is 31.2 Å². The molecule has 2 aromatic heterocycles. The van der Waals surface area contributed by atoms with Gasteiger partial charge in [0.25, 0.3) is 5.91 Å². The standard InChI is InChI=1S/C20H20FN3O4/c1-11-18(12(2)24(4)23-11)22-19(25)13(3)27-20(26)17-10-9-16(28-17)14-7-5-6-8-15(14)21/h5-10,13H,1-4H3,(H,22,25)/t13-/m0/s1. The van der Waals surface area contributed by atoms with Gasteiger partial charge in [0, 0.05) is 7.05 Å². The highest BCUT2D eigenvalue weighted by molar-refractivity contribution is 5.97. The molecule has 0 aliphatic heterocycles. The van der Waals surface area contributed by atoms with Crippen LogP contribution in [0.25, 0.3) is 11.3 Å². The average molecular weight is 385 g/mol. The Morgan fingerprint density at radius 1 is 1.21 bits per heavy atom. The van der Waals surface area contributed by atoms with Crippen LogP contribution >= 0.6 is 0 Å². The monoisotopic (exact) mass is 385 g/mol. The van der Waals surface area contributed by atoms with Crippen molar-refractivity contribution in [1.82, 2.24) is 9.78 Å². The summed E-state index contributed by atoms with van der Waals surface area (Å²) in [7, 11) is 1.77. The van der Waals surface area contributed by atoms with Gasteiger partial charge < -0.3 is 14.5 Å². The summed E-state index contributed by atoms with van der Waals surface area (Å²) >= 11 is 0. The zero-order valence-electron chi connectivity index (χ0n) is 15.9. The van der Waals surface area contributed by atoms with E-state index < -0.39 is 23.8 Å². The first kappa shape index (κ1) is 19.3. The highest BCUT2D eigenvalue weighted by atomic mass is 19.1. The normalized spacial score (nSPS) is 11.9. The van der Waals surface area contributed by atoms with Crippen molar-refractivity contribution < 1.29 is 23.1 Å². The number of halogens is 1. The van der Waals surface area contributed by atoms with Crippen LogP contribution in [0, 0.1) is 19.7 Å².